The Kier molecular flexibility index (Phi) is 2.68. The van der Waals surface area contributed by atoms with E-state index in [1.165, 1.54) is 11.3 Å². The first-order chi connectivity index (χ1) is 7.15. The molecule has 0 saturated carbocycles. The first-order valence-electron chi connectivity index (χ1n) is 4.68. The van der Waals surface area contributed by atoms with Crippen LogP contribution in [0.3, 0.4) is 0 Å². The minimum Gasteiger partial charge on any atom is -0.364 e. The maximum Gasteiger partial charge on any atom is 0.249 e. The van der Waals surface area contributed by atoms with Gasteiger partial charge in [-0.1, -0.05) is 0 Å². The van der Waals surface area contributed by atoms with Gasteiger partial charge >= 0.3 is 0 Å². The zero-order valence-electron chi connectivity index (χ0n) is 8.24. The summed E-state index contributed by atoms with van der Waals surface area (Å²) in [6.07, 6.45) is 2.63. The van der Waals surface area contributed by atoms with Gasteiger partial charge in [0, 0.05) is 6.42 Å². The summed E-state index contributed by atoms with van der Waals surface area (Å²) in [6, 6.07) is -0.317. The highest BCUT2D eigenvalue weighted by Gasteiger charge is 2.26. The molecule has 0 bridgehead atoms. The molecule has 2 N–H and O–H groups in total. The molecule has 0 aromatic carbocycles. The number of rotatable bonds is 2. The average molecular weight is 225 g/mol. The molecule has 1 atom stereocenters. The molecule has 1 saturated heterocycles. The highest BCUT2D eigenvalue weighted by Crippen LogP contribution is 2.20. The fraction of sp³-hybridized carbons (Fsp3) is 0.444. The van der Waals surface area contributed by atoms with Crippen molar-refractivity contribution in [3.8, 4) is 0 Å². The summed E-state index contributed by atoms with van der Waals surface area (Å²) in [5, 5.41) is 7.18. The summed E-state index contributed by atoms with van der Waals surface area (Å²) in [7, 11) is 0. The van der Waals surface area contributed by atoms with Crippen molar-refractivity contribution in [3.63, 3.8) is 0 Å². The van der Waals surface area contributed by atoms with Crippen molar-refractivity contribution in [2.75, 3.05) is 5.32 Å². The van der Waals surface area contributed by atoms with Crippen molar-refractivity contribution in [2.45, 2.75) is 25.8 Å². The molecule has 1 aliphatic heterocycles. The molecule has 2 heterocycles. The molecule has 1 aromatic rings. The molecule has 0 aliphatic carbocycles. The van der Waals surface area contributed by atoms with E-state index >= 15 is 0 Å². The Morgan fingerprint density at radius 2 is 2.40 bits per heavy atom. The van der Waals surface area contributed by atoms with Gasteiger partial charge < -0.3 is 5.32 Å². The number of carbonyl (C=O) groups excluding carboxylic acids is 2. The fourth-order valence-electron chi connectivity index (χ4n) is 1.43. The van der Waals surface area contributed by atoms with Crippen LogP contribution in [0.2, 0.25) is 0 Å². The summed E-state index contributed by atoms with van der Waals surface area (Å²) in [4.78, 5) is 26.4. The molecule has 0 radical (unpaired) electrons. The number of nitrogens with zero attached hydrogens (tertiary/aromatic N) is 1. The largest absolute Gasteiger partial charge is 0.364 e. The molecule has 0 spiro atoms. The number of hydrogen-bond acceptors (Lipinski definition) is 5. The second-order valence-corrected chi connectivity index (χ2v) is 4.63. The van der Waals surface area contributed by atoms with Crippen molar-refractivity contribution in [1.82, 2.24) is 10.3 Å². The molecule has 1 fully saturated rings. The molecule has 1 aromatic heterocycles. The molecule has 15 heavy (non-hydrogen) atoms. The summed E-state index contributed by atoms with van der Waals surface area (Å²) >= 11 is 1.50. The highest BCUT2D eigenvalue weighted by molar-refractivity contribution is 7.15. The lowest BCUT2D eigenvalue weighted by Gasteiger charge is -2.21. The van der Waals surface area contributed by atoms with Crippen molar-refractivity contribution < 1.29 is 9.59 Å². The lowest BCUT2D eigenvalue weighted by molar-refractivity contribution is -0.133. The number of imide groups is 1. The quantitative estimate of drug-likeness (QED) is 0.726. The van der Waals surface area contributed by atoms with E-state index in [2.05, 4.69) is 15.6 Å². The smallest absolute Gasteiger partial charge is 0.249 e. The zero-order valence-corrected chi connectivity index (χ0v) is 9.06. The van der Waals surface area contributed by atoms with Crippen LogP contribution >= 0.6 is 11.3 Å². The van der Waals surface area contributed by atoms with E-state index in [0.29, 0.717) is 12.8 Å². The molecule has 6 heteroatoms. The Labute approximate surface area is 90.9 Å². The van der Waals surface area contributed by atoms with Crippen LogP contribution in [0.15, 0.2) is 6.20 Å². The molecular weight excluding hydrogens is 214 g/mol. The topological polar surface area (TPSA) is 71.1 Å². The van der Waals surface area contributed by atoms with Crippen molar-refractivity contribution in [1.29, 1.82) is 0 Å². The number of hydrogen-bond donors (Lipinski definition) is 2. The number of thiazole rings is 1. The Morgan fingerprint density at radius 1 is 1.60 bits per heavy atom. The van der Waals surface area contributed by atoms with Crippen LogP contribution in [0.4, 0.5) is 5.00 Å². The van der Waals surface area contributed by atoms with Gasteiger partial charge in [0.1, 0.15) is 11.0 Å². The molecule has 1 aliphatic rings. The Bertz CT molecular complexity index is 402. The maximum atomic E-state index is 11.4. The van der Waals surface area contributed by atoms with Gasteiger partial charge in [0.05, 0.1) is 11.2 Å². The van der Waals surface area contributed by atoms with E-state index in [9.17, 15) is 9.59 Å². The number of amides is 2. The van der Waals surface area contributed by atoms with Crippen LogP contribution < -0.4 is 10.6 Å². The van der Waals surface area contributed by atoms with Crippen LogP contribution in [-0.4, -0.2) is 22.8 Å². The number of anilines is 1. The Balaban J connectivity index is 2.00. The van der Waals surface area contributed by atoms with E-state index in [1.54, 1.807) is 6.20 Å². The summed E-state index contributed by atoms with van der Waals surface area (Å²) in [5.41, 5.74) is 0. The molecule has 80 valence electrons. The number of piperidine rings is 1. The number of aromatic nitrogens is 1. The van der Waals surface area contributed by atoms with Crippen molar-refractivity contribution in [2.24, 2.45) is 0 Å². The monoisotopic (exact) mass is 225 g/mol. The summed E-state index contributed by atoms with van der Waals surface area (Å²) in [6.45, 7) is 1.90. The van der Waals surface area contributed by atoms with E-state index < -0.39 is 0 Å². The summed E-state index contributed by atoms with van der Waals surface area (Å²) in [5.74, 6) is -0.448. The molecule has 5 nitrogen and oxygen atoms in total. The molecule has 2 amide bonds. The van der Waals surface area contributed by atoms with Gasteiger partial charge in [-0.3, -0.25) is 14.9 Å². The normalized spacial score (nSPS) is 21.3. The van der Waals surface area contributed by atoms with Crippen LogP contribution in [0.5, 0.6) is 0 Å². The molecule has 2 rings (SSSR count). The van der Waals surface area contributed by atoms with Crippen molar-refractivity contribution in [3.05, 3.63) is 11.2 Å². The minimum atomic E-state index is -0.317. The van der Waals surface area contributed by atoms with E-state index in [1.807, 2.05) is 6.92 Å². The lowest BCUT2D eigenvalue weighted by Crippen LogP contribution is -2.47. The predicted molar refractivity (Wildman–Crippen MR) is 56.6 cm³/mol. The SMILES string of the molecule is Cc1ncc(NC2CCC(=O)NC2=O)s1. The van der Waals surface area contributed by atoms with Gasteiger partial charge in [-0.05, 0) is 13.3 Å². The van der Waals surface area contributed by atoms with Gasteiger partial charge in [0.25, 0.3) is 0 Å². The maximum absolute atomic E-state index is 11.4. The van der Waals surface area contributed by atoms with Gasteiger partial charge in [-0.2, -0.15) is 0 Å². The first-order valence-corrected chi connectivity index (χ1v) is 5.49. The predicted octanol–water partition coefficient (Wildman–Crippen LogP) is 0.669. The van der Waals surface area contributed by atoms with Crippen LogP contribution in [-0.2, 0) is 9.59 Å². The van der Waals surface area contributed by atoms with Gasteiger partial charge in [-0.25, -0.2) is 4.98 Å². The first kappa shape index (κ1) is 10.1. The third kappa shape index (κ3) is 2.33. The number of aryl methyl sites for hydroxylation is 1. The third-order valence-electron chi connectivity index (χ3n) is 2.18. The van der Waals surface area contributed by atoms with Crippen LogP contribution in [0.25, 0.3) is 0 Å². The Hall–Kier alpha value is -1.43. The second kappa shape index (κ2) is 3.98. The van der Waals surface area contributed by atoms with Crippen LogP contribution in [0.1, 0.15) is 17.8 Å². The van der Waals surface area contributed by atoms with Gasteiger partial charge in [-0.15, -0.1) is 11.3 Å². The van der Waals surface area contributed by atoms with E-state index in [4.69, 9.17) is 0 Å². The Morgan fingerprint density at radius 3 is 3.00 bits per heavy atom. The zero-order chi connectivity index (χ0) is 10.8. The molecular formula is C9H11N3O2S. The fourth-order valence-corrected chi connectivity index (χ4v) is 2.16. The highest BCUT2D eigenvalue weighted by atomic mass is 32.1. The van der Waals surface area contributed by atoms with E-state index in [-0.39, 0.29) is 17.9 Å². The van der Waals surface area contributed by atoms with Crippen molar-refractivity contribution >= 4 is 28.2 Å². The van der Waals surface area contributed by atoms with Gasteiger partial charge in [0.15, 0.2) is 0 Å². The second-order valence-electron chi connectivity index (χ2n) is 3.39. The number of nitrogens with one attached hydrogen (secondary N) is 2. The minimum absolute atomic E-state index is 0.196. The van der Waals surface area contributed by atoms with Gasteiger partial charge in [0.2, 0.25) is 11.8 Å². The lowest BCUT2D eigenvalue weighted by atomic mass is 10.1. The summed E-state index contributed by atoms with van der Waals surface area (Å²) < 4.78 is 0. The molecule has 1 unspecified atom stereocenters. The van der Waals surface area contributed by atoms with E-state index in [0.717, 1.165) is 10.0 Å². The average Bonchev–Trinajstić information content (AvgIpc) is 2.56. The standard InChI is InChI=1S/C9H11N3O2S/c1-5-10-4-8(15-5)11-6-2-3-7(13)12-9(6)14/h4,6,11H,2-3H2,1H3,(H,12,13,14). The number of carbonyl (C=O) groups is 2. The van der Waals surface area contributed by atoms with Crippen LogP contribution in [0, 0.1) is 6.92 Å². The third-order valence-corrected chi connectivity index (χ3v) is 3.02.